The Kier molecular flexibility index (Phi) is 3.21. The zero-order valence-corrected chi connectivity index (χ0v) is 11.0. The summed E-state index contributed by atoms with van der Waals surface area (Å²) < 4.78 is 2.02. The summed E-state index contributed by atoms with van der Waals surface area (Å²) in [7, 11) is 0. The van der Waals surface area contributed by atoms with Gasteiger partial charge in [-0.05, 0) is 37.5 Å². The van der Waals surface area contributed by atoms with Crippen LogP contribution in [-0.2, 0) is 0 Å². The number of halogens is 1. The molecular weight excluding hydrogens is 264 g/mol. The lowest BCUT2D eigenvalue weighted by molar-refractivity contribution is 0.101. The number of anilines is 1. The van der Waals surface area contributed by atoms with E-state index in [1.807, 2.05) is 16.8 Å². The van der Waals surface area contributed by atoms with Crippen molar-refractivity contribution in [3.63, 3.8) is 0 Å². The second-order valence-electron chi connectivity index (χ2n) is 4.54. The molecule has 0 aromatic carbocycles. The first kappa shape index (κ1) is 12.2. The van der Waals surface area contributed by atoms with Crippen LogP contribution in [0.15, 0.2) is 30.6 Å². The summed E-state index contributed by atoms with van der Waals surface area (Å²) >= 11 is 5.76. The Morgan fingerprint density at radius 3 is 2.95 bits per heavy atom. The normalized spacial score (nSPS) is 15.0. The van der Waals surface area contributed by atoms with Gasteiger partial charge < -0.3 is 4.57 Å². The minimum absolute atomic E-state index is 0.209. The second-order valence-corrected chi connectivity index (χ2v) is 4.93. The van der Waals surface area contributed by atoms with Gasteiger partial charge in [-0.25, -0.2) is 9.97 Å². The van der Waals surface area contributed by atoms with E-state index >= 15 is 0 Å². The molecule has 0 radical (unpaired) electrons. The van der Waals surface area contributed by atoms with Crippen LogP contribution in [0, 0.1) is 0 Å². The zero-order valence-electron chi connectivity index (χ0n) is 10.2. The smallest absolute Gasteiger partial charge is 0.274 e. The summed E-state index contributed by atoms with van der Waals surface area (Å²) in [5.74, 6) is 0.0121. The molecule has 0 spiro atoms. The van der Waals surface area contributed by atoms with Crippen LogP contribution in [0.5, 0.6) is 0 Å². The molecule has 1 fully saturated rings. The quantitative estimate of drug-likeness (QED) is 0.877. The van der Waals surface area contributed by atoms with Gasteiger partial charge in [-0.1, -0.05) is 11.6 Å². The van der Waals surface area contributed by atoms with Crippen LogP contribution in [0.1, 0.15) is 35.8 Å². The van der Waals surface area contributed by atoms with Crippen molar-refractivity contribution in [2.24, 2.45) is 0 Å². The number of nitrogens with one attached hydrogen (secondary N) is 1. The summed E-state index contributed by atoms with van der Waals surface area (Å²) in [6, 6.07) is 5.69. The lowest BCUT2D eigenvalue weighted by Crippen LogP contribution is -2.24. The van der Waals surface area contributed by atoms with Crippen molar-refractivity contribution < 1.29 is 4.79 Å². The summed E-state index contributed by atoms with van der Waals surface area (Å²) in [5.41, 5.74) is 0.633. The average Bonchev–Trinajstić information content (AvgIpc) is 2.75. The highest BCUT2D eigenvalue weighted by atomic mass is 35.5. The number of rotatable bonds is 3. The molecule has 5 nitrogen and oxygen atoms in total. The number of carbonyl (C=O) groups excluding carboxylic acids is 1. The van der Waals surface area contributed by atoms with E-state index < -0.39 is 0 Å². The molecule has 98 valence electrons. The van der Waals surface area contributed by atoms with Crippen molar-refractivity contribution in [1.29, 1.82) is 0 Å². The van der Waals surface area contributed by atoms with Gasteiger partial charge in [-0.15, -0.1) is 0 Å². The van der Waals surface area contributed by atoms with Gasteiger partial charge >= 0.3 is 0 Å². The predicted molar refractivity (Wildman–Crippen MR) is 72.3 cm³/mol. The maximum Gasteiger partial charge on any atom is 0.274 e. The molecule has 1 aliphatic rings. The minimum atomic E-state index is -0.209. The molecule has 1 aliphatic carbocycles. The van der Waals surface area contributed by atoms with Crippen LogP contribution in [-0.4, -0.2) is 20.4 Å². The maximum atomic E-state index is 12.2. The summed E-state index contributed by atoms with van der Waals surface area (Å²) in [4.78, 5) is 20.1. The molecule has 0 atom stereocenters. The Balaban J connectivity index is 1.79. The molecule has 2 aromatic rings. The van der Waals surface area contributed by atoms with Crippen molar-refractivity contribution in [2.75, 3.05) is 5.32 Å². The number of hydrogen-bond donors (Lipinski definition) is 1. The van der Waals surface area contributed by atoms with Crippen LogP contribution in [0.3, 0.4) is 0 Å². The third-order valence-corrected chi connectivity index (χ3v) is 3.54. The number of carbonyl (C=O) groups is 1. The molecule has 0 saturated heterocycles. The number of aromatic nitrogens is 3. The van der Waals surface area contributed by atoms with Crippen LogP contribution >= 0.6 is 11.6 Å². The molecule has 1 N–H and O–H groups in total. The number of hydrogen-bond acceptors (Lipinski definition) is 3. The monoisotopic (exact) mass is 276 g/mol. The van der Waals surface area contributed by atoms with Gasteiger partial charge in [0.2, 0.25) is 5.95 Å². The van der Waals surface area contributed by atoms with E-state index in [4.69, 9.17) is 11.6 Å². The third kappa shape index (κ3) is 2.46. The molecule has 2 heterocycles. The van der Waals surface area contributed by atoms with Gasteiger partial charge in [-0.2, -0.15) is 0 Å². The largest absolute Gasteiger partial charge is 0.340 e. The fraction of sp³-hybridized carbons (Fsp3) is 0.308. The van der Waals surface area contributed by atoms with Crippen LogP contribution < -0.4 is 5.32 Å². The molecular formula is C13H13ClN4O. The topological polar surface area (TPSA) is 59.8 Å². The van der Waals surface area contributed by atoms with Crippen molar-refractivity contribution in [2.45, 2.75) is 25.3 Å². The van der Waals surface area contributed by atoms with Gasteiger partial charge in [0, 0.05) is 18.4 Å². The highest BCUT2D eigenvalue weighted by Gasteiger charge is 2.23. The summed E-state index contributed by atoms with van der Waals surface area (Å²) in [6.07, 6.45) is 6.93. The zero-order chi connectivity index (χ0) is 13.2. The van der Waals surface area contributed by atoms with E-state index in [0.717, 1.165) is 12.8 Å². The lowest BCUT2D eigenvalue weighted by Gasteiger charge is -2.28. The Hall–Kier alpha value is -1.88. The number of amides is 1. The molecule has 2 aromatic heterocycles. The maximum absolute atomic E-state index is 12.2. The molecule has 6 heteroatoms. The van der Waals surface area contributed by atoms with Crippen LogP contribution in [0.2, 0.25) is 5.15 Å². The van der Waals surface area contributed by atoms with Gasteiger partial charge in [0.15, 0.2) is 0 Å². The van der Waals surface area contributed by atoms with E-state index in [2.05, 4.69) is 15.3 Å². The first-order valence-corrected chi connectivity index (χ1v) is 6.58. The molecule has 3 rings (SSSR count). The van der Waals surface area contributed by atoms with E-state index in [1.54, 1.807) is 12.1 Å². The van der Waals surface area contributed by atoms with E-state index in [-0.39, 0.29) is 11.9 Å². The van der Waals surface area contributed by atoms with E-state index in [9.17, 15) is 4.79 Å². The summed E-state index contributed by atoms with van der Waals surface area (Å²) in [6.45, 7) is 0. The highest BCUT2D eigenvalue weighted by molar-refractivity contribution is 6.29. The summed E-state index contributed by atoms with van der Waals surface area (Å²) in [5, 5.41) is 2.97. The fourth-order valence-electron chi connectivity index (χ4n) is 2.13. The standard InChI is InChI=1S/C13H13ClN4O/c14-11-6-7-15-13(16-11)17-12(19)10-5-2-8-18(10)9-3-1-4-9/h2,5-9H,1,3-4H2,(H,15,16,17,19). The van der Waals surface area contributed by atoms with Crippen molar-refractivity contribution in [3.8, 4) is 0 Å². The van der Waals surface area contributed by atoms with Crippen molar-refractivity contribution in [3.05, 3.63) is 41.4 Å². The van der Waals surface area contributed by atoms with Gasteiger partial charge in [0.1, 0.15) is 10.8 Å². The van der Waals surface area contributed by atoms with Crippen LogP contribution in [0.25, 0.3) is 0 Å². The van der Waals surface area contributed by atoms with Gasteiger partial charge in [0.25, 0.3) is 5.91 Å². The number of nitrogens with zero attached hydrogens (tertiary/aromatic N) is 3. The average molecular weight is 277 g/mol. The van der Waals surface area contributed by atoms with Gasteiger partial charge in [-0.3, -0.25) is 10.1 Å². The minimum Gasteiger partial charge on any atom is -0.340 e. The molecule has 0 unspecified atom stereocenters. The van der Waals surface area contributed by atoms with Crippen molar-refractivity contribution in [1.82, 2.24) is 14.5 Å². The van der Waals surface area contributed by atoms with Crippen molar-refractivity contribution >= 4 is 23.5 Å². The van der Waals surface area contributed by atoms with Crippen LogP contribution in [0.4, 0.5) is 5.95 Å². The highest BCUT2D eigenvalue weighted by Crippen LogP contribution is 2.32. The Bertz CT molecular complexity index is 606. The van der Waals surface area contributed by atoms with E-state index in [1.165, 1.54) is 12.6 Å². The first-order chi connectivity index (χ1) is 9.24. The molecule has 1 saturated carbocycles. The van der Waals surface area contributed by atoms with E-state index in [0.29, 0.717) is 16.9 Å². The molecule has 19 heavy (non-hydrogen) atoms. The van der Waals surface area contributed by atoms with Gasteiger partial charge in [0.05, 0.1) is 0 Å². The SMILES string of the molecule is O=C(Nc1nccc(Cl)n1)c1cccn1C1CCC1. The Labute approximate surface area is 115 Å². The Morgan fingerprint density at radius 1 is 1.42 bits per heavy atom. The second kappa shape index (κ2) is 5.01. The molecule has 0 aliphatic heterocycles. The Morgan fingerprint density at radius 2 is 2.26 bits per heavy atom. The first-order valence-electron chi connectivity index (χ1n) is 6.21. The fourth-order valence-corrected chi connectivity index (χ4v) is 2.27. The lowest BCUT2D eigenvalue weighted by atomic mass is 9.93. The molecule has 0 bridgehead atoms. The third-order valence-electron chi connectivity index (χ3n) is 3.33. The predicted octanol–water partition coefficient (Wildman–Crippen LogP) is 2.91. The molecule has 1 amide bonds.